The molecule has 0 spiro atoms. The molecule has 0 amide bonds. The minimum Gasteiger partial charge on any atom is -0.497 e. The Bertz CT molecular complexity index is 1410. The molecular formula is C30H26O5. The molecule has 5 aromatic rings. The van der Waals surface area contributed by atoms with E-state index < -0.39 is 0 Å². The standard InChI is InChI=1S/C30H26O5/c1-31-24-13-14-25(27(17-24)33-19-21-9-5-3-6-10-21)28-15-23-16-30(29(32-2)18-26(23)35-28)34-20-22-11-7-4-8-12-22/h3-18H,19-20H2,1-2H3. The molecule has 0 unspecified atom stereocenters. The van der Waals surface area contributed by atoms with Crippen LogP contribution in [0.15, 0.2) is 101 Å². The first-order valence-electron chi connectivity index (χ1n) is 11.4. The lowest BCUT2D eigenvalue weighted by Crippen LogP contribution is -1.97. The predicted molar refractivity (Wildman–Crippen MR) is 136 cm³/mol. The molecule has 5 rings (SSSR count). The molecule has 0 N–H and O–H groups in total. The highest BCUT2D eigenvalue weighted by Crippen LogP contribution is 2.40. The predicted octanol–water partition coefficient (Wildman–Crippen LogP) is 7.28. The van der Waals surface area contributed by atoms with Gasteiger partial charge in [0.05, 0.1) is 19.8 Å². The van der Waals surface area contributed by atoms with Gasteiger partial charge in [0.25, 0.3) is 0 Å². The maximum absolute atomic E-state index is 6.22. The zero-order valence-electron chi connectivity index (χ0n) is 19.7. The van der Waals surface area contributed by atoms with Crippen LogP contribution in [-0.4, -0.2) is 14.2 Å². The number of ether oxygens (including phenoxy) is 4. The van der Waals surface area contributed by atoms with E-state index >= 15 is 0 Å². The van der Waals surface area contributed by atoms with E-state index in [1.165, 1.54) is 0 Å². The van der Waals surface area contributed by atoms with Crippen molar-refractivity contribution in [2.24, 2.45) is 0 Å². The largest absolute Gasteiger partial charge is 0.497 e. The zero-order valence-corrected chi connectivity index (χ0v) is 19.7. The summed E-state index contributed by atoms with van der Waals surface area (Å²) in [4.78, 5) is 0. The van der Waals surface area contributed by atoms with Crippen molar-refractivity contribution >= 4 is 11.0 Å². The first kappa shape index (κ1) is 22.4. The van der Waals surface area contributed by atoms with Crippen molar-refractivity contribution in [2.75, 3.05) is 14.2 Å². The van der Waals surface area contributed by atoms with Gasteiger partial charge in [0.1, 0.15) is 36.1 Å². The number of furan rings is 1. The summed E-state index contributed by atoms with van der Waals surface area (Å²) in [5, 5.41) is 0.911. The number of fused-ring (bicyclic) bond motifs is 1. The van der Waals surface area contributed by atoms with E-state index in [1.54, 1.807) is 14.2 Å². The fraction of sp³-hybridized carbons (Fsp3) is 0.133. The second kappa shape index (κ2) is 10.3. The van der Waals surface area contributed by atoms with Crippen molar-refractivity contribution in [3.05, 3.63) is 108 Å². The summed E-state index contributed by atoms with van der Waals surface area (Å²) in [6.07, 6.45) is 0. The molecule has 0 bridgehead atoms. The number of rotatable bonds is 9. The van der Waals surface area contributed by atoms with E-state index in [4.69, 9.17) is 23.4 Å². The average Bonchev–Trinajstić information content (AvgIpc) is 3.33. The minimum atomic E-state index is 0.437. The van der Waals surface area contributed by atoms with Crippen LogP contribution in [0, 0.1) is 0 Å². The molecule has 0 aliphatic carbocycles. The zero-order chi connectivity index (χ0) is 24.0. The molecule has 5 heteroatoms. The molecule has 4 aromatic carbocycles. The Morgan fingerprint density at radius 3 is 1.89 bits per heavy atom. The van der Waals surface area contributed by atoms with Crippen LogP contribution in [0.1, 0.15) is 11.1 Å². The number of methoxy groups -OCH3 is 2. The summed E-state index contributed by atoms with van der Waals surface area (Å²) in [6.45, 7) is 0.885. The molecule has 176 valence electrons. The molecule has 0 saturated heterocycles. The summed E-state index contributed by atoms with van der Waals surface area (Å²) >= 11 is 0. The van der Waals surface area contributed by atoms with Crippen LogP contribution in [0.25, 0.3) is 22.3 Å². The fourth-order valence-corrected chi connectivity index (χ4v) is 3.88. The van der Waals surface area contributed by atoms with E-state index in [9.17, 15) is 0 Å². The number of benzene rings is 4. The third-order valence-corrected chi connectivity index (χ3v) is 5.73. The summed E-state index contributed by atoms with van der Waals surface area (Å²) in [5.74, 6) is 3.36. The SMILES string of the molecule is COc1ccc(-c2cc3cc(OCc4ccccc4)c(OC)cc3o2)c(OCc2ccccc2)c1. The van der Waals surface area contributed by atoms with E-state index in [-0.39, 0.29) is 0 Å². The Balaban J connectivity index is 1.46. The second-order valence-electron chi connectivity index (χ2n) is 8.06. The Kier molecular flexibility index (Phi) is 6.57. The van der Waals surface area contributed by atoms with Gasteiger partial charge in [-0.25, -0.2) is 0 Å². The summed E-state index contributed by atoms with van der Waals surface area (Å²) < 4.78 is 29.5. The summed E-state index contributed by atoms with van der Waals surface area (Å²) in [6, 6.07) is 31.6. The molecule has 1 aromatic heterocycles. The van der Waals surface area contributed by atoms with Gasteiger partial charge in [0.2, 0.25) is 0 Å². The van der Waals surface area contributed by atoms with Crippen LogP contribution in [0.4, 0.5) is 0 Å². The van der Waals surface area contributed by atoms with Crippen LogP contribution in [0.2, 0.25) is 0 Å². The maximum Gasteiger partial charge on any atom is 0.164 e. The van der Waals surface area contributed by atoms with Gasteiger partial charge in [-0.05, 0) is 35.4 Å². The van der Waals surface area contributed by atoms with Crippen molar-refractivity contribution in [3.8, 4) is 34.3 Å². The van der Waals surface area contributed by atoms with E-state index in [0.29, 0.717) is 47.6 Å². The second-order valence-corrected chi connectivity index (χ2v) is 8.06. The van der Waals surface area contributed by atoms with E-state index in [1.807, 2.05) is 97.1 Å². The van der Waals surface area contributed by atoms with Gasteiger partial charge in [0, 0.05) is 17.5 Å². The van der Waals surface area contributed by atoms with Crippen molar-refractivity contribution < 1.29 is 23.4 Å². The maximum atomic E-state index is 6.22. The van der Waals surface area contributed by atoms with Crippen LogP contribution >= 0.6 is 0 Å². The van der Waals surface area contributed by atoms with Gasteiger partial charge < -0.3 is 23.4 Å². The Morgan fingerprint density at radius 2 is 1.26 bits per heavy atom. The fourth-order valence-electron chi connectivity index (χ4n) is 3.88. The minimum absolute atomic E-state index is 0.437. The van der Waals surface area contributed by atoms with Gasteiger partial charge in [-0.2, -0.15) is 0 Å². The highest BCUT2D eigenvalue weighted by atomic mass is 16.5. The van der Waals surface area contributed by atoms with Gasteiger partial charge in [-0.15, -0.1) is 0 Å². The van der Waals surface area contributed by atoms with Crippen molar-refractivity contribution in [3.63, 3.8) is 0 Å². The summed E-state index contributed by atoms with van der Waals surface area (Å²) in [7, 11) is 3.26. The van der Waals surface area contributed by atoms with Crippen molar-refractivity contribution in [1.29, 1.82) is 0 Å². The van der Waals surface area contributed by atoms with E-state index in [0.717, 1.165) is 22.1 Å². The lowest BCUT2D eigenvalue weighted by Gasteiger charge is -2.12. The van der Waals surface area contributed by atoms with E-state index in [2.05, 4.69) is 0 Å². The quantitative estimate of drug-likeness (QED) is 0.229. The van der Waals surface area contributed by atoms with Crippen LogP contribution in [-0.2, 0) is 13.2 Å². The molecule has 1 heterocycles. The third kappa shape index (κ3) is 5.09. The van der Waals surface area contributed by atoms with Gasteiger partial charge in [-0.1, -0.05) is 60.7 Å². The van der Waals surface area contributed by atoms with Gasteiger partial charge in [0.15, 0.2) is 11.5 Å². The molecule has 0 aliphatic heterocycles. The highest BCUT2D eigenvalue weighted by molar-refractivity contribution is 5.87. The lowest BCUT2D eigenvalue weighted by atomic mass is 10.1. The monoisotopic (exact) mass is 466 g/mol. The third-order valence-electron chi connectivity index (χ3n) is 5.73. The Morgan fingerprint density at radius 1 is 0.600 bits per heavy atom. The van der Waals surface area contributed by atoms with Gasteiger partial charge in [-0.3, -0.25) is 0 Å². The number of hydrogen-bond acceptors (Lipinski definition) is 5. The Labute approximate surface area is 204 Å². The molecule has 0 radical (unpaired) electrons. The van der Waals surface area contributed by atoms with Crippen LogP contribution < -0.4 is 18.9 Å². The molecule has 0 fully saturated rings. The highest BCUT2D eigenvalue weighted by Gasteiger charge is 2.16. The topological polar surface area (TPSA) is 50.1 Å². The first-order valence-corrected chi connectivity index (χ1v) is 11.4. The number of hydrogen-bond donors (Lipinski definition) is 0. The molecule has 0 aliphatic rings. The van der Waals surface area contributed by atoms with Crippen molar-refractivity contribution in [2.45, 2.75) is 13.2 Å². The summed E-state index contributed by atoms with van der Waals surface area (Å²) in [5.41, 5.74) is 3.70. The molecule has 0 atom stereocenters. The Hall–Kier alpha value is -4.38. The van der Waals surface area contributed by atoms with Crippen LogP contribution in [0.3, 0.4) is 0 Å². The van der Waals surface area contributed by atoms with Gasteiger partial charge >= 0.3 is 0 Å². The lowest BCUT2D eigenvalue weighted by molar-refractivity contribution is 0.285. The molecule has 5 nitrogen and oxygen atoms in total. The molecular weight excluding hydrogens is 440 g/mol. The van der Waals surface area contributed by atoms with Crippen molar-refractivity contribution in [1.82, 2.24) is 0 Å². The van der Waals surface area contributed by atoms with Crippen LogP contribution in [0.5, 0.6) is 23.0 Å². The normalized spacial score (nSPS) is 10.8. The molecule has 35 heavy (non-hydrogen) atoms. The molecule has 0 saturated carbocycles. The average molecular weight is 467 g/mol. The smallest absolute Gasteiger partial charge is 0.164 e. The first-order chi connectivity index (χ1) is 17.2.